The van der Waals surface area contributed by atoms with Gasteiger partial charge in [-0.25, -0.2) is 0 Å². The van der Waals surface area contributed by atoms with Gasteiger partial charge in [-0.3, -0.25) is 0 Å². The number of rotatable bonds is 3. The third-order valence-electron chi connectivity index (χ3n) is 9.86. The zero-order chi connectivity index (χ0) is 30.9. The van der Waals surface area contributed by atoms with Crippen molar-refractivity contribution in [3.8, 4) is 33.4 Å². The monoisotopic (exact) mass is 612 g/mol. The molecule has 1 aromatic heterocycles. The molecule has 0 fully saturated rings. The van der Waals surface area contributed by atoms with Crippen molar-refractivity contribution in [3.63, 3.8) is 0 Å². The first-order chi connectivity index (χ1) is 23.3. The van der Waals surface area contributed by atoms with Crippen molar-refractivity contribution in [2.75, 3.05) is 0 Å². The molecule has 9 aromatic carbocycles. The summed E-state index contributed by atoms with van der Waals surface area (Å²) in [6.45, 7) is 0. The van der Waals surface area contributed by atoms with Crippen molar-refractivity contribution < 1.29 is 0 Å². The first kappa shape index (κ1) is 26.5. The Hall–Kier alpha value is -5.76. The van der Waals surface area contributed by atoms with Crippen molar-refractivity contribution in [1.82, 2.24) is 0 Å². The van der Waals surface area contributed by atoms with Crippen molar-refractivity contribution in [2.45, 2.75) is 0 Å². The second kappa shape index (κ2) is 10.4. The molecule has 10 rings (SSSR count). The van der Waals surface area contributed by atoms with Crippen molar-refractivity contribution in [2.24, 2.45) is 0 Å². The van der Waals surface area contributed by atoms with Crippen LogP contribution in [0.15, 0.2) is 170 Å². The average Bonchev–Trinajstić information content (AvgIpc) is 3.53. The summed E-state index contributed by atoms with van der Waals surface area (Å²) >= 11 is 1.90. The van der Waals surface area contributed by atoms with Gasteiger partial charge >= 0.3 is 0 Å². The molecule has 1 heteroatoms. The maximum absolute atomic E-state index is 2.32. The van der Waals surface area contributed by atoms with Crippen LogP contribution >= 0.6 is 11.3 Å². The number of fused-ring (bicyclic) bond motifs is 8. The summed E-state index contributed by atoms with van der Waals surface area (Å²) in [5.74, 6) is 0. The Bertz CT molecular complexity index is 2770. The predicted molar refractivity (Wildman–Crippen MR) is 206 cm³/mol. The van der Waals surface area contributed by atoms with Crippen molar-refractivity contribution in [3.05, 3.63) is 170 Å². The molecule has 0 aliphatic heterocycles. The van der Waals surface area contributed by atoms with E-state index in [-0.39, 0.29) is 0 Å². The third-order valence-corrected chi connectivity index (χ3v) is 11.1. The van der Waals surface area contributed by atoms with E-state index in [9.17, 15) is 0 Å². The van der Waals surface area contributed by atoms with Crippen LogP contribution in [0.3, 0.4) is 0 Å². The third kappa shape index (κ3) is 4.00. The lowest BCUT2D eigenvalue weighted by molar-refractivity contribution is 1.64. The van der Waals surface area contributed by atoms with E-state index < -0.39 is 0 Å². The standard InChI is InChI=1S/C46H28S/c1-3-14-33-29(11-1)13-9-21-36(33)44-39-18-7-5-16-37(39)43(38-17-6-8-19-40(38)44)32-25-23-31(24-26-32)35-20-10-22-41-45-34-15-4-2-12-30(34)27-28-42(45)47-46(35)41/h1-28H. The first-order valence-corrected chi connectivity index (χ1v) is 17.0. The minimum atomic E-state index is 1.24. The molecular formula is C46H28S. The maximum Gasteiger partial charge on any atom is 0.0434 e. The van der Waals surface area contributed by atoms with Gasteiger partial charge in [-0.1, -0.05) is 164 Å². The van der Waals surface area contributed by atoms with Gasteiger partial charge in [-0.15, -0.1) is 11.3 Å². The van der Waals surface area contributed by atoms with Crippen LogP contribution in [0, 0.1) is 0 Å². The predicted octanol–water partition coefficient (Wildman–Crippen LogP) is 13.7. The highest BCUT2D eigenvalue weighted by molar-refractivity contribution is 7.26. The van der Waals surface area contributed by atoms with E-state index in [0.29, 0.717) is 0 Å². The van der Waals surface area contributed by atoms with Crippen LogP contribution in [0.5, 0.6) is 0 Å². The van der Waals surface area contributed by atoms with Crippen LogP contribution in [0.4, 0.5) is 0 Å². The smallest absolute Gasteiger partial charge is 0.0434 e. The molecule has 0 spiro atoms. The average molecular weight is 613 g/mol. The zero-order valence-corrected chi connectivity index (χ0v) is 26.4. The molecular weight excluding hydrogens is 585 g/mol. The fourth-order valence-electron chi connectivity index (χ4n) is 7.78. The largest absolute Gasteiger partial charge is 0.135 e. The Labute approximate surface area is 276 Å². The summed E-state index contributed by atoms with van der Waals surface area (Å²) < 4.78 is 2.69. The molecule has 0 unspecified atom stereocenters. The van der Waals surface area contributed by atoms with Crippen LogP contribution in [0.1, 0.15) is 0 Å². The minimum Gasteiger partial charge on any atom is -0.135 e. The second-order valence-electron chi connectivity index (χ2n) is 12.4. The van der Waals surface area contributed by atoms with E-state index in [2.05, 4.69) is 170 Å². The molecule has 0 bridgehead atoms. The number of thiophene rings is 1. The number of hydrogen-bond acceptors (Lipinski definition) is 1. The van der Waals surface area contributed by atoms with Crippen LogP contribution in [-0.2, 0) is 0 Å². The molecule has 0 aliphatic rings. The van der Waals surface area contributed by atoms with Crippen LogP contribution in [0.25, 0.3) is 96.6 Å². The fourth-order valence-corrected chi connectivity index (χ4v) is 9.04. The highest BCUT2D eigenvalue weighted by Gasteiger charge is 2.18. The summed E-state index contributed by atoms with van der Waals surface area (Å²) in [6.07, 6.45) is 0. The Morgan fingerprint density at radius 2 is 0.787 bits per heavy atom. The molecule has 1 heterocycles. The highest BCUT2D eigenvalue weighted by atomic mass is 32.1. The molecule has 0 saturated heterocycles. The molecule has 47 heavy (non-hydrogen) atoms. The van der Waals surface area contributed by atoms with Gasteiger partial charge in [0.2, 0.25) is 0 Å². The van der Waals surface area contributed by atoms with Gasteiger partial charge in [0.1, 0.15) is 0 Å². The van der Waals surface area contributed by atoms with E-state index in [1.165, 1.54) is 96.6 Å². The number of hydrogen-bond donors (Lipinski definition) is 0. The maximum atomic E-state index is 2.32. The van der Waals surface area contributed by atoms with E-state index in [1.807, 2.05) is 11.3 Å². The lowest BCUT2D eigenvalue weighted by atomic mass is 9.84. The molecule has 0 saturated carbocycles. The lowest BCUT2D eigenvalue weighted by Crippen LogP contribution is -1.91. The Morgan fingerprint density at radius 1 is 0.298 bits per heavy atom. The molecule has 0 radical (unpaired) electrons. The van der Waals surface area contributed by atoms with Gasteiger partial charge in [0.25, 0.3) is 0 Å². The van der Waals surface area contributed by atoms with Crippen LogP contribution in [-0.4, -0.2) is 0 Å². The minimum absolute atomic E-state index is 1.24. The highest BCUT2D eigenvalue weighted by Crippen LogP contribution is 2.46. The zero-order valence-electron chi connectivity index (χ0n) is 25.6. The van der Waals surface area contributed by atoms with Gasteiger partial charge in [0, 0.05) is 20.2 Å². The molecule has 0 amide bonds. The number of benzene rings is 9. The SMILES string of the molecule is c1ccc2c(-c3c4ccccc4c(-c4ccc(-c5cccc6c5sc5ccc7ccccc7c56)cc4)c4ccccc34)cccc2c1. The Morgan fingerprint density at radius 3 is 1.49 bits per heavy atom. The van der Waals surface area contributed by atoms with E-state index in [0.717, 1.165) is 0 Å². The van der Waals surface area contributed by atoms with Gasteiger partial charge in [-0.05, 0) is 82.5 Å². The molecule has 0 nitrogen and oxygen atoms in total. The summed E-state index contributed by atoms with van der Waals surface area (Å²) in [5.41, 5.74) is 7.65. The Kier molecular flexibility index (Phi) is 5.85. The quantitative estimate of drug-likeness (QED) is 0.174. The van der Waals surface area contributed by atoms with E-state index in [1.54, 1.807) is 0 Å². The first-order valence-electron chi connectivity index (χ1n) is 16.2. The normalized spacial score (nSPS) is 11.8. The topological polar surface area (TPSA) is 0 Å². The summed E-state index contributed by atoms with van der Waals surface area (Å²) in [4.78, 5) is 0. The summed E-state index contributed by atoms with van der Waals surface area (Å²) in [7, 11) is 0. The lowest BCUT2D eigenvalue weighted by Gasteiger charge is -2.19. The van der Waals surface area contributed by atoms with Gasteiger partial charge in [0.15, 0.2) is 0 Å². The van der Waals surface area contributed by atoms with Crippen molar-refractivity contribution in [1.29, 1.82) is 0 Å². The summed E-state index contributed by atoms with van der Waals surface area (Å²) in [6, 6.07) is 62.6. The molecule has 0 N–H and O–H groups in total. The fraction of sp³-hybridized carbons (Fsp3) is 0. The van der Waals surface area contributed by atoms with Gasteiger partial charge in [0.05, 0.1) is 0 Å². The molecule has 218 valence electrons. The molecule has 0 aliphatic carbocycles. The van der Waals surface area contributed by atoms with Crippen LogP contribution in [0.2, 0.25) is 0 Å². The second-order valence-corrected chi connectivity index (χ2v) is 13.4. The van der Waals surface area contributed by atoms with Gasteiger partial charge < -0.3 is 0 Å². The Balaban J connectivity index is 1.18. The van der Waals surface area contributed by atoms with E-state index >= 15 is 0 Å². The van der Waals surface area contributed by atoms with Crippen LogP contribution < -0.4 is 0 Å². The molecule has 10 aromatic rings. The van der Waals surface area contributed by atoms with Gasteiger partial charge in [-0.2, -0.15) is 0 Å². The summed E-state index contributed by atoms with van der Waals surface area (Å²) in [5, 5.41) is 13.0. The van der Waals surface area contributed by atoms with Crippen molar-refractivity contribution >= 4 is 74.6 Å². The molecule has 0 atom stereocenters. The van der Waals surface area contributed by atoms with E-state index in [4.69, 9.17) is 0 Å².